The van der Waals surface area contributed by atoms with E-state index in [9.17, 15) is 14.7 Å². The summed E-state index contributed by atoms with van der Waals surface area (Å²) in [6, 6.07) is 0. The molecule has 1 atom stereocenters. The Labute approximate surface area is 106 Å². The number of aryl methyl sites for hydroxylation is 2. The van der Waals surface area contributed by atoms with Crippen molar-refractivity contribution in [2.75, 3.05) is 0 Å². The van der Waals surface area contributed by atoms with E-state index in [1.54, 1.807) is 6.92 Å². The van der Waals surface area contributed by atoms with Crippen molar-refractivity contribution in [2.24, 2.45) is 0 Å². The molecule has 2 heterocycles. The first-order chi connectivity index (χ1) is 8.58. The average molecular weight is 264 g/mol. The van der Waals surface area contributed by atoms with Crippen LogP contribution in [0.1, 0.15) is 35.0 Å². The quantitative estimate of drug-likeness (QED) is 0.822. The third-order valence-corrected chi connectivity index (χ3v) is 4.50. The van der Waals surface area contributed by atoms with Gasteiger partial charge < -0.3 is 10.1 Å². The van der Waals surface area contributed by atoms with Gasteiger partial charge in [-0.3, -0.25) is 9.59 Å². The Balaban J connectivity index is 2.37. The molecule has 0 saturated heterocycles. The van der Waals surface area contributed by atoms with Crippen molar-refractivity contribution in [1.29, 1.82) is 0 Å². The summed E-state index contributed by atoms with van der Waals surface area (Å²) in [5, 5.41) is 9.76. The van der Waals surface area contributed by atoms with Gasteiger partial charge >= 0.3 is 5.97 Å². The Morgan fingerprint density at radius 1 is 1.56 bits per heavy atom. The van der Waals surface area contributed by atoms with Crippen LogP contribution in [0, 0.1) is 6.92 Å². The van der Waals surface area contributed by atoms with Gasteiger partial charge in [0.25, 0.3) is 5.56 Å². The summed E-state index contributed by atoms with van der Waals surface area (Å²) in [6.45, 7) is 1.73. The van der Waals surface area contributed by atoms with Gasteiger partial charge in [0.2, 0.25) is 0 Å². The average Bonchev–Trinajstić information content (AvgIpc) is 2.65. The van der Waals surface area contributed by atoms with E-state index in [-0.39, 0.29) is 5.56 Å². The summed E-state index contributed by atoms with van der Waals surface area (Å²) in [7, 11) is 0. The molecule has 6 heteroatoms. The normalized spacial score (nSPS) is 18.8. The lowest BCUT2D eigenvalue weighted by Gasteiger charge is -2.18. The minimum Gasteiger partial charge on any atom is -0.481 e. The summed E-state index contributed by atoms with van der Waals surface area (Å²) < 4.78 is 0. The van der Waals surface area contributed by atoms with Gasteiger partial charge in [-0.1, -0.05) is 0 Å². The van der Waals surface area contributed by atoms with Crippen LogP contribution in [0.2, 0.25) is 0 Å². The van der Waals surface area contributed by atoms with Crippen LogP contribution in [0.3, 0.4) is 0 Å². The monoisotopic (exact) mass is 264 g/mol. The second-order valence-corrected chi connectivity index (χ2v) is 5.64. The van der Waals surface area contributed by atoms with E-state index in [0.717, 1.165) is 17.7 Å². The smallest absolute Gasteiger partial charge is 0.311 e. The molecule has 1 aliphatic carbocycles. The van der Waals surface area contributed by atoms with E-state index in [2.05, 4.69) is 9.97 Å². The van der Waals surface area contributed by atoms with Crippen molar-refractivity contribution < 1.29 is 9.90 Å². The summed E-state index contributed by atoms with van der Waals surface area (Å²) in [4.78, 5) is 32.0. The van der Waals surface area contributed by atoms with Crippen LogP contribution < -0.4 is 5.56 Å². The molecule has 0 amide bonds. The first kappa shape index (κ1) is 11.4. The molecule has 18 heavy (non-hydrogen) atoms. The summed E-state index contributed by atoms with van der Waals surface area (Å²) >= 11 is 1.45. The lowest BCUT2D eigenvalue weighted by atomic mass is 9.86. The largest absolute Gasteiger partial charge is 0.481 e. The molecule has 1 aliphatic rings. The SMILES string of the molecule is Cc1nc2sc3c(c2c(=O)[nH]1)C(C(=O)O)CCC3. The zero-order chi connectivity index (χ0) is 12.9. The number of aromatic nitrogens is 2. The predicted molar refractivity (Wildman–Crippen MR) is 68.3 cm³/mol. The molecule has 0 aromatic carbocycles. The highest BCUT2D eigenvalue weighted by molar-refractivity contribution is 7.18. The van der Waals surface area contributed by atoms with E-state index in [1.165, 1.54) is 11.3 Å². The number of thiophene rings is 1. The molecular formula is C12H12N2O3S. The number of carbonyl (C=O) groups is 1. The standard InChI is InChI=1S/C12H12N2O3S/c1-5-13-10(15)9-8-6(12(16)17)3-2-4-7(8)18-11(9)14-5/h6H,2-4H2,1H3,(H,16,17)(H,13,14,15). The Hall–Kier alpha value is -1.69. The Kier molecular flexibility index (Phi) is 2.48. The van der Waals surface area contributed by atoms with Gasteiger partial charge in [0.05, 0.1) is 11.3 Å². The van der Waals surface area contributed by atoms with Gasteiger partial charge in [-0.05, 0) is 31.7 Å². The Morgan fingerprint density at radius 3 is 3.06 bits per heavy atom. The molecule has 0 aliphatic heterocycles. The zero-order valence-corrected chi connectivity index (χ0v) is 10.6. The fourth-order valence-electron chi connectivity index (χ4n) is 2.59. The third-order valence-electron chi connectivity index (χ3n) is 3.34. The third kappa shape index (κ3) is 1.56. The first-order valence-corrected chi connectivity index (χ1v) is 6.64. The highest BCUT2D eigenvalue weighted by Gasteiger charge is 2.31. The number of rotatable bonds is 1. The van der Waals surface area contributed by atoms with Crippen LogP contribution in [-0.4, -0.2) is 21.0 Å². The minimum atomic E-state index is -0.851. The number of aromatic amines is 1. The highest BCUT2D eigenvalue weighted by Crippen LogP contribution is 2.40. The summed E-state index contributed by atoms with van der Waals surface area (Å²) in [5.74, 6) is -0.846. The van der Waals surface area contributed by atoms with Gasteiger partial charge in [-0.15, -0.1) is 11.3 Å². The fourth-order valence-corrected chi connectivity index (χ4v) is 3.92. The lowest BCUT2D eigenvalue weighted by molar-refractivity contribution is -0.139. The van der Waals surface area contributed by atoms with Crippen molar-refractivity contribution in [3.63, 3.8) is 0 Å². The van der Waals surface area contributed by atoms with E-state index in [0.29, 0.717) is 28.0 Å². The number of H-pyrrole nitrogens is 1. The molecular weight excluding hydrogens is 252 g/mol. The Morgan fingerprint density at radius 2 is 2.33 bits per heavy atom. The van der Waals surface area contributed by atoms with Crippen molar-refractivity contribution in [3.8, 4) is 0 Å². The van der Waals surface area contributed by atoms with Crippen molar-refractivity contribution >= 4 is 27.5 Å². The molecule has 2 N–H and O–H groups in total. The molecule has 5 nitrogen and oxygen atoms in total. The number of hydrogen-bond donors (Lipinski definition) is 2. The number of hydrogen-bond acceptors (Lipinski definition) is 4. The van der Waals surface area contributed by atoms with Crippen LogP contribution >= 0.6 is 11.3 Å². The van der Waals surface area contributed by atoms with Crippen molar-refractivity contribution in [3.05, 3.63) is 26.6 Å². The van der Waals surface area contributed by atoms with Crippen molar-refractivity contribution in [1.82, 2.24) is 9.97 Å². The molecule has 2 aromatic heterocycles. The molecule has 2 aromatic rings. The maximum Gasteiger partial charge on any atom is 0.311 e. The van der Waals surface area contributed by atoms with Crippen molar-refractivity contribution in [2.45, 2.75) is 32.1 Å². The predicted octanol–water partition coefficient (Wildman–Crippen LogP) is 1.80. The summed E-state index contributed by atoms with van der Waals surface area (Å²) in [5.41, 5.74) is 0.477. The highest BCUT2D eigenvalue weighted by atomic mass is 32.1. The van der Waals surface area contributed by atoms with E-state index in [4.69, 9.17) is 0 Å². The molecule has 0 radical (unpaired) electrons. The number of carboxylic acid groups (broad SMARTS) is 1. The summed E-state index contributed by atoms with van der Waals surface area (Å²) in [6.07, 6.45) is 2.30. The fraction of sp³-hybridized carbons (Fsp3) is 0.417. The van der Waals surface area contributed by atoms with E-state index >= 15 is 0 Å². The van der Waals surface area contributed by atoms with Crippen LogP contribution in [0.15, 0.2) is 4.79 Å². The number of fused-ring (bicyclic) bond motifs is 3. The molecule has 3 rings (SSSR count). The van der Waals surface area contributed by atoms with Gasteiger partial charge in [0, 0.05) is 4.88 Å². The van der Waals surface area contributed by atoms with Crippen LogP contribution in [-0.2, 0) is 11.2 Å². The topological polar surface area (TPSA) is 83.0 Å². The van der Waals surface area contributed by atoms with Gasteiger partial charge in [-0.25, -0.2) is 4.98 Å². The minimum absolute atomic E-state index is 0.219. The first-order valence-electron chi connectivity index (χ1n) is 5.83. The number of nitrogens with one attached hydrogen (secondary N) is 1. The second kappa shape index (κ2) is 3.91. The molecule has 0 fully saturated rings. The lowest BCUT2D eigenvalue weighted by Crippen LogP contribution is -2.19. The Bertz CT molecular complexity index is 701. The maximum absolute atomic E-state index is 12.0. The molecule has 0 bridgehead atoms. The zero-order valence-electron chi connectivity index (χ0n) is 9.82. The second-order valence-electron chi connectivity index (χ2n) is 4.55. The van der Waals surface area contributed by atoms with Gasteiger partial charge in [-0.2, -0.15) is 0 Å². The maximum atomic E-state index is 12.0. The molecule has 0 spiro atoms. The number of nitrogens with zero attached hydrogens (tertiary/aromatic N) is 1. The van der Waals surface area contributed by atoms with Gasteiger partial charge in [0.15, 0.2) is 0 Å². The molecule has 94 valence electrons. The van der Waals surface area contributed by atoms with E-state index < -0.39 is 11.9 Å². The molecule has 1 unspecified atom stereocenters. The number of aliphatic carboxylic acids is 1. The molecule has 0 saturated carbocycles. The van der Waals surface area contributed by atoms with Crippen LogP contribution in [0.5, 0.6) is 0 Å². The van der Waals surface area contributed by atoms with Crippen LogP contribution in [0.25, 0.3) is 10.2 Å². The van der Waals surface area contributed by atoms with Gasteiger partial charge in [0.1, 0.15) is 10.7 Å². The number of carboxylic acids is 1. The van der Waals surface area contributed by atoms with E-state index in [1.807, 2.05) is 0 Å². The van der Waals surface area contributed by atoms with Crippen LogP contribution in [0.4, 0.5) is 0 Å².